The summed E-state index contributed by atoms with van der Waals surface area (Å²) < 4.78 is 35.0. The number of sulfonamides is 1. The summed E-state index contributed by atoms with van der Waals surface area (Å²) in [6, 6.07) is 15.9. The summed E-state index contributed by atoms with van der Waals surface area (Å²) >= 11 is 1.04. The number of likely N-dealkylation sites (tertiary alicyclic amines) is 1. The van der Waals surface area contributed by atoms with Crippen molar-refractivity contribution in [3.05, 3.63) is 82.2 Å². The molecule has 0 spiro atoms. The summed E-state index contributed by atoms with van der Waals surface area (Å²) in [6.07, 6.45) is 1.02. The lowest BCUT2D eigenvalue weighted by molar-refractivity contribution is -0.132. The summed E-state index contributed by atoms with van der Waals surface area (Å²) in [5.74, 6) is -0.813. The number of rotatable bonds is 5. The largest absolute Gasteiger partial charge is 0.422 e. The second-order valence-corrected chi connectivity index (χ2v) is 14.4. The zero-order valence-electron chi connectivity index (χ0n) is 25.0. The van der Waals surface area contributed by atoms with Gasteiger partial charge < -0.3 is 14.5 Å². The first-order valence-electron chi connectivity index (χ1n) is 14.3. The minimum Gasteiger partial charge on any atom is -0.422 e. The highest BCUT2D eigenvalue weighted by Gasteiger charge is 2.60. The first-order valence-corrected chi connectivity index (χ1v) is 16.7. The maximum Gasteiger partial charge on any atom is 0.411 e. The van der Waals surface area contributed by atoms with Crippen LogP contribution in [0.15, 0.2) is 64.2 Å². The Kier molecular flexibility index (Phi) is 10.4. The van der Waals surface area contributed by atoms with Crippen molar-refractivity contribution < 1.29 is 22.7 Å². The molecule has 0 radical (unpaired) electrons. The number of anilines is 1. The fourth-order valence-electron chi connectivity index (χ4n) is 6.39. The third-order valence-corrected chi connectivity index (χ3v) is 11.8. The zero-order chi connectivity index (χ0) is 29.6. The quantitative estimate of drug-likeness (QED) is 0.373. The van der Waals surface area contributed by atoms with Crippen molar-refractivity contribution in [2.24, 2.45) is 0 Å². The van der Waals surface area contributed by atoms with Gasteiger partial charge in [0.15, 0.2) is 0 Å². The average Bonchev–Trinajstić information content (AvgIpc) is 3.61. The van der Waals surface area contributed by atoms with Crippen molar-refractivity contribution >= 4 is 63.9 Å². The van der Waals surface area contributed by atoms with E-state index in [-0.39, 0.29) is 34.7 Å². The van der Waals surface area contributed by atoms with Crippen molar-refractivity contribution in [2.45, 2.75) is 42.5 Å². The van der Waals surface area contributed by atoms with Crippen molar-refractivity contribution in [1.29, 1.82) is 0 Å². The molecule has 6 rings (SSSR count). The van der Waals surface area contributed by atoms with Crippen LogP contribution in [0.3, 0.4) is 0 Å². The SMILES string of the molecule is Cc1ccc2c(c1)C(OC(=O)N1CCC(N3CCN(C)CC3)CC1)(c1ccccc1C)C(=O)N2S(=O)(=O)c1cccs1.Cl.Cl. The van der Waals surface area contributed by atoms with E-state index in [2.05, 4.69) is 16.8 Å². The number of likely N-dealkylation sites (N-methyl/N-ethyl adjacent to an activating group) is 1. The Morgan fingerprint density at radius 2 is 1.59 bits per heavy atom. The number of aryl methyl sites for hydroxylation is 2. The molecule has 2 aromatic carbocycles. The Hall–Kier alpha value is -2.67. The molecular weight excluding hydrogens is 643 g/mol. The average molecular weight is 682 g/mol. The third kappa shape index (κ3) is 5.86. The number of fused-ring (bicyclic) bond motifs is 1. The van der Waals surface area contributed by atoms with Gasteiger partial charge in [-0.3, -0.25) is 9.69 Å². The Labute approximate surface area is 275 Å². The van der Waals surface area contributed by atoms with Gasteiger partial charge in [-0.2, -0.15) is 12.7 Å². The molecule has 1 unspecified atom stereocenters. The monoisotopic (exact) mass is 680 g/mol. The van der Waals surface area contributed by atoms with Crippen molar-refractivity contribution in [2.75, 3.05) is 50.6 Å². The van der Waals surface area contributed by atoms with E-state index in [9.17, 15) is 18.0 Å². The van der Waals surface area contributed by atoms with Gasteiger partial charge >= 0.3 is 6.09 Å². The summed E-state index contributed by atoms with van der Waals surface area (Å²) in [6.45, 7) is 8.82. The second-order valence-electron chi connectivity index (χ2n) is 11.4. The van der Waals surface area contributed by atoms with E-state index < -0.39 is 27.6 Å². The number of piperidine rings is 1. The first kappa shape index (κ1) is 34.2. The van der Waals surface area contributed by atoms with Crippen molar-refractivity contribution in [3.63, 3.8) is 0 Å². The molecule has 13 heteroatoms. The highest BCUT2D eigenvalue weighted by Crippen LogP contribution is 2.50. The molecule has 9 nitrogen and oxygen atoms in total. The van der Waals surface area contributed by atoms with Crippen LogP contribution in [0.25, 0.3) is 0 Å². The minimum absolute atomic E-state index is 0. The lowest BCUT2D eigenvalue weighted by atomic mass is 9.84. The summed E-state index contributed by atoms with van der Waals surface area (Å²) in [4.78, 5) is 35.1. The number of hydrogen-bond donors (Lipinski definition) is 0. The standard InChI is InChI=1S/C31H36N4O5S2.2ClH/c1-22-10-11-27-26(21-22)31(25-8-5-4-7-23(25)2,29(36)35(27)42(38,39)28-9-6-20-41-28)40-30(37)34-14-12-24(13-15-34)33-18-16-32(3)17-19-33;;/h4-11,20-21,24H,12-19H2,1-3H3;2*1H. The maximum absolute atomic E-state index is 14.6. The number of halogens is 2. The van der Waals surface area contributed by atoms with Crippen LogP contribution in [0.1, 0.15) is 35.1 Å². The van der Waals surface area contributed by atoms with Crippen LogP contribution in [-0.2, 0) is 25.2 Å². The van der Waals surface area contributed by atoms with E-state index >= 15 is 0 Å². The number of ether oxygens (including phenoxy) is 1. The number of nitrogens with zero attached hydrogens (tertiary/aromatic N) is 4. The molecule has 1 atom stereocenters. The van der Waals surface area contributed by atoms with Crippen LogP contribution in [0, 0.1) is 13.8 Å². The minimum atomic E-state index is -4.26. The van der Waals surface area contributed by atoms with E-state index in [1.54, 1.807) is 46.7 Å². The number of piperazine rings is 1. The normalized spacial score (nSPS) is 21.4. The highest BCUT2D eigenvalue weighted by molar-refractivity contribution is 7.95. The fraction of sp³-hybridized carbons (Fsp3) is 0.419. The Balaban J connectivity index is 0.00000221. The Morgan fingerprint density at radius 1 is 0.909 bits per heavy atom. The molecule has 44 heavy (non-hydrogen) atoms. The van der Waals surface area contributed by atoms with Gasteiger partial charge in [0, 0.05) is 56.4 Å². The molecule has 0 aliphatic carbocycles. The summed E-state index contributed by atoms with van der Waals surface area (Å²) in [5, 5.41) is 1.66. The molecule has 3 aliphatic heterocycles. The molecule has 0 N–H and O–H groups in total. The molecule has 3 aliphatic rings. The van der Waals surface area contributed by atoms with Gasteiger partial charge in [0.05, 0.1) is 5.69 Å². The lowest BCUT2D eigenvalue weighted by Crippen LogP contribution is -2.54. The Morgan fingerprint density at radius 3 is 2.23 bits per heavy atom. The Bertz CT molecular complexity index is 1600. The number of carbonyl (C=O) groups is 2. The lowest BCUT2D eigenvalue weighted by Gasteiger charge is -2.42. The molecule has 3 aromatic rings. The van der Waals surface area contributed by atoms with Crippen molar-refractivity contribution in [1.82, 2.24) is 14.7 Å². The van der Waals surface area contributed by atoms with Gasteiger partial charge in [-0.05, 0) is 62.9 Å². The van der Waals surface area contributed by atoms with Gasteiger partial charge in [-0.1, -0.05) is 42.0 Å². The number of thiophene rings is 1. The van der Waals surface area contributed by atoms with Gasteiger partial charge in [0.25, 0.3) is 15.9 Å². The van der Waals surface area contributed by atoms with E-state index in [1.807, 2.05) is 26.0 Å². The van der Waals surface area contributed by atoms with E-state index in [1.165, 1.54) is 6.07 Å². The number of benzene rings is 2. The predicted molar refractivity (Wildman–Crippen MR) is 177 cm³/mol. The molecular formula is C31H38Cl2N4O5S2. The van der Waals surface area contributed by atoms with E-state index in [4.69, 9.17) is 4.74 Å². The maximum atomic E-state index is 14.6. The van der Waals surface area contributed by atoms with E-state index in [0.717, 1.165) is 65.8 Å². The molecule has 2 amide bonds. The molecule has 1 aromatic heterocycles. The van der Waals surface area contributed by atoms with Crippen molar-refractivity contribution in [3.8, 4) is 0 Å². The van der Waals surface area contributed by atoms with Crippen LogP contribution in [0.2, 0.25) is 0 Å². The van der Waals surface area contributed by atoms with Gasteiger partial charge in [0.1, 0.15) is 4.21 Å². The molecule has 0 bridgehead atoms. The summed E-state index contributed by atoms with van der Waals surface area (Å²) in [5.41, 5.74) is 0.578. The number of amides is 2. The zero-order valence-corrected chi connectivity index (χ0v) is 28.2. The first-order chi connectivity index (χ1) is 20.1. The number of hydrogen-bond acceptors (Lipinski definition) is 8. The van der Waals surface area contributed by atoms with E-state index in [0.29, 0.717) is 30.3 Å². The van der Waals surface area contributed by atoms with Gasteiger partial charge in [-0.15, -0.1) is 36.2 Å². The molecule has 238 valence electrons. The van der Waals surface area contributed by atoms with Gasteiger partial charge in [0.2, 0.25) is 5.60 Å². The van der Waals surface area contributed by atoms with Crippen LogP contribution in [-0.4, -0.2) is 87.5 Å². The van der Waals surface area contributed by atoms with Crippen LogP contribution >= 0.6 is 36.2 Å². The highest BCUT2D eigenvalue weighted by atomic mass is 35.5. The summed E-state index contributed by atoms with van der Waals surface area (Å²) in [7, 11) is -2.12. The molecule has 2 saturated heterocycles. The predicted octanol–water partition coefficient (Wildman–Crippen LogP) is 5.04. The topological polar surface area (TPSA) is 90.5 Å². The molecule has 2 fully saturated rings. The molecule has 0 saturated carbocycles. The van der Waals surface area contributed by atoms with Crippen LogP contribution in [0.4, 0.5) is 10.5 Å². The second kappa shape index (κ2) is 13.4. The fourth-order valence-corrected chi connectivity index (χ4v) is 8.91. The third-order valence-electron chi connectivity index (χ3n) is 8.77. The number of carbonyl (C=O) groups excluding carboxylic acids is 2. The smallest absolute Gasteiger partial charge is 0.411 e. The van der Waals surface area contributed by atoms with Gasteiger partial charge in [-0.25, -0.2) is 4.79 Å². The van der Waals surface area contributed by atoms with Crippen LogP contribution < -0.4 is 4.31 Å². The molecule has 4 heterocycles. The van der Waals surface area contributed by atoms with Crippen LogP contribution in [0.5, 0.6) is 0 Å².